The number of aromatic nitrogens is 2. The third-order valence-corrected chi connectivity index (χ3v) is 5.90. The molecule has 1 aromatic carbocycles. The van der Waals surface area contributed by atoms with E-state index in [0.29, 0.717) is 22.3 Å². The third-order valence-electron chi connectivity index (χ3n) is 4.04. The van der Waals surface area contributed by atoms with Gasteiger partial charge in [-0.1, -0.05) is 42.1 Å². The number of thioether (sulfide) groups is 1. The summed E-state index contributed by atoms with van der Waals surface area (Å²) in [6.07, 6.45) is 0. The number of thiazole rings is 1. The third kappa shape index (κ3) is 5.21. The summed E-state index contributed by atoms with van der Waals surface area (Å²) in [5.74, 6) is -0.0551. The number of anilines is 1. The second-order valence-corrected chi connectivity index (χ2v) is 8.44. The lowest BCUT2D eigenvalue weighted by molar-refractivity contribution is -0.113. The van der Waals surface area contributed by atoms with Crippen molar-refractivity contribution in [3.8, 4) is 17.3 Å². The van der Waals surface area contributed by atoms with Gasteiger partial charge in [-0.05, 0) is 25.5 Å². The van der Waals surface area contributed by atoms with Crippen LogP contribution in [0.5, 0.6) is 0 Å². The van der Waals surface area contributed by atoms with Gasteiger partial charge in [-0.25, -0.2) is 9.97 Å². The molecule has 0 spiro atoms. The number of ether oxygens (including phenoxy) is 1. The van der Waals surface area contributed by atoms with Crippen molar-refractivity contribution in [1.29, 1.82) is 5.26 Å². The number of nitriles is 1. The van der Waals surface area contributed by atoms with Crippen LogP contribution in [0.1, 0.15) is 21.7 Å². The van der Waals surface area contributed by atoms with Crippen LogP contribution in [-0.4, -0.2) is 28.7 Å². The molecule has 0 saturated heterocycles. The summed E-state index contributed by atoms with van der Waals surface area (Å²) in [4.78, 5) is 22.4. The van der Waals surface area contributed by atoms with Gasteiger partial charge < -0.3 is 10.1 Å². The molecule has 0 aliphatic heterocycles. The number of amides is 1. The first kappa shape index (κ1) is 21.0. The molecule has 29 heavy (non-hydrogen) atoms. The summed E-state index contributed by atoms with van der Waals surface area (Å²) in [7, 11) is 1.58. The summed E-state index contributed by atoms with van der Waals surface area (Å²) in [6, 6.07) is 13.9. The fraction of sp³-hybridized carbons (Fsp3) is 0.238. The summed E-state index contributed by atoms with van der Waals surface area (Å²) >= 11 is 2.68. The molecule has 3 aromatic rings. The zero-order valence-electron chi connectivity index (χ0n) is 16.4. The number of pyridine rings is 1. The molecule has 0 aliphatic rings. The van der Waals surface area contributed by atoms with Crippen molar-refractivity contribution in [2.75, 3.05) is 18.2 Å². The molecule has 0 saturated carbocycles. The monoisotopic (exact) mass is 424 g/mol. The van der Waals surface area contributed by atoms with E-state index in [1.807, 2.05) is 50.2 Å². The lowest BCUT2D eigenvalue weighted by Gasteiger charge is -2.09. The van der Waals surface area contributed by atoms with Crippen molar-refractivity contribution in [2.45, 2.75) is 25.5 Å². The topological polar surface area (TPSA) is 87.9 Å². The van der Waals surface area contributed by atoms with E-state index >= 15 is 0 Å². The van der Waals surface area contributed by atoms with Gasteiger partial charge in [-0.3, -0.25) is 4.79 Å². The number of nitrogens with one attached hydrogen (secondary N) is 1. The Bertz CT molecular complexity index is 1060. The van der Waals surface area contributed by atoms with E-state index in [1.54, 1.807) is 7.11 Å². The van der Waals surface area contributed by atoms with Crippen molar-refractivity contribution in [3.05, 3.63) is 58.1 Å². The Hall–Kier alpha value is -2.73. The van der Waals surface area contributed by atoms with Gasteiger partial charge in [0.05, 0.1) is 23.6 Å². The maximum absolute atomic E-state index is 12.4. The zero-order valence-corrected chi connectivity index (χ0v) is 18.0. The van der Waals surface area contributed by atoms with Gasteiger partial charge in [0.15, 0.2) is 5.13 Å². The minimum Gasteiger partial charge on any atom is -0.380 e. The average Bonchev–Trinajstić information content (AvgIpc) is 3.07. The van der Waals surface area contributed by atoms with Gasteiger partial charge in [0, 0.05) is 23.2 Å². The minimum atomic E-state index is -0.191. The highest BCUT2D eigenvalue weighted by atomic mass is 32.2. The number of nitrogens with zero attached hydrogens (tertiary/aromatic N) is 3. The number of rotatable bonds is 7. The number of benzene rings is 1. The lowest BCUT2D eigenvalue weighted by Crippen LogP contribution is -2.14. The second kappa shape index (κ2) is 9.65. The predicted octanol–water partition coefficient (Wildman–Crippen LogP) is 4.57. The molecule has 2 heterocycles. The first-order chi connectivity index (χ1) is 14.0. The molecule has 1 amide bonds. The van der Waals surface area contributed by atoms with E-state index < -0.39 is 0 Å². The van der Waals surface area contributed by atoms with E-state index in [2.05, 4.69) is 21.4 Å². The molecule has 0 aliphatic carbocycles. The highest BCUT2D eigenvalue weighted by molar-refractivity contribution is 8.00. The van der Waals surface area contributed by atoms with Crippen molar-refractivity contribution < 1.29 is 9.53 Å². The maximum Gasteiger partial charge on any atom is 0.236 e. The smallest absolute Gasteiger partial charge is 0.236 e. The van der Waals surface area contributed by atoms with Gasteiger partial charge in [0.25, 0.3) is 0 Å². The van der Waals surface area contributed by atoms with Crippen LogP contribution in [0.15, 0.2) is 41.4 Å². The Morgan fingerprint density at radius 2 is 2.03 bits per heavy atom. The van der Waals surface area contributed by atoms with E-state index in [1.165, 1.54) is 23.1 Å². The Balaban J connectivity index is 1.69. The quantitative estimate of drug-likeness (QED) is 0.559. The molecular formula is C21H20N4O2S2. The molecule has 0 unspecified atom stereocenters. The molecule has 0 radical (unpaired) electrons. The Morgan fingerprint density at radius 1 is 1.28 bits per heavy atom. The number of carbonyl (C=O) groups is 1. The van der Waals surface area contributed by atoms with Crippen LogP contribution in [0.4, 0.5) is 5.13 Å². The molecule has 8 heteroatoms. The second-order valence-electron chi connectivity index (χ2n) is 6.27. The number of carbonyl (C=O) groups excluding carboxylic acids is 1. The maximum atomic E-state index is 12.4. The summed E-state index contributed by atoms with van der Waals surface area (Å²) < 4.78 is 5.16. The van der Waals surface area contributed by atoms with Gasteiger partial charge in [0.1, 0.15) is 11.1 Å². The molecule has 1 N–H and O–H groups in total. The van der Waals surface area contributed by atoms with Crippen molar-refractivity contribution in [2.24, 2.45) is 0 Å². The van der Waals surface area contributed by atoms with Crippen LogP contribution < -0.4 is 5.32 Å². The van der Waals surface area contributed by atoms with Crippen molar-refractivity contribution in [1.82, 2.24) is 9.97 Å². The normalized spacial score (nSPS) is 10.6. The van der Waals surface area contributed by atoms with Gasteiger partial charge in [-0.15, -0.1) is 11.3 Å². The van der Waals surface area contributed by atoms with Crippen LogP contribution >= 0.6 is 23.1 Å². The standard InChI is InChI=1S/C21H20N4O2S2/c1-13-9-16(11-27-3)17(10-22)20(23-13)28-12-18(26)24-21-25-19(14(2)29-21)15-7-5-4-6-8-15/h4-9H,11-12H2,1-3H3,(H,24,25,26). The van der Waals surface area contributed by atoms with Gasteiger partial charge >= 0.3 is 0 Å². The number of hydrogen-bond acceptors (Lipinski definition) is 7. The van der Waals surface area contributed by atoms with Crippen LogP contribution in [0.3, 0.4) is 0 Å². The summed E-state index contributed by atoms with van der Waals surface area (Å²) in [5.41, 5.74) is 3.89. The highest BCUT2D eigenvalue weighted by Gasteiger charge is 2.15. The van der Waals surface area contributed by atoms with E-state index in [9.17, 15) is 10.1 Å². The molecule has 0 bridgehead atoms. The van der Waals surface area contributed by atoms with E-state index in [-0.39, 0.29) is 11.7 Å². The SMILES string of the molecule is COCc1cc(C)nc(SCC(=O)Nc2nc(-c3ccccc3)c(C)s2)c1C#N. The number of methoxy groups -OCH3 is 1. The highest BCUT2D eigenvalue weighted by Crippen LogP contribution is 2.30. The largest absolute Gasteiger partial charge is 0.380 e. The molecule has 148 valence electrons. The Kier molecular flexibility index (Phi) is 6.99. The summed E-state index contributed by atoms with van der Waals surface area (Å²) in [5, 5.41) is 13.4. The Morgan fingerprint density at radius 3 is 2.72 bits per heavy atom. The Labute approximate surface area is 178 Å². The average molecular weight is 425 g/mol. The van der Waals surface area contributed by atoms with E-state index in [0.717, 1.165) is 27.4 Å². The number of hydrogen-bond donors (Lipinski definition) is 1. The molecule has 0 atom stereocenters. The van der Waals surface area contributed by atoms with Crippen LogP contribution in [0.25, 0.3) is 11.3 Å². The zero-order chi connectivity index (χ0) is 20.8. The number of aryl methyl sites for hydroxylation is 2. The first-order valence-corrected chi connectivity index (χ1v) is 10.7. The molecule has 3 rings (SSSR count). The fourth-order valence-electron chi connectivity index (χ4n) is 2.81. The summed E-state index contributed by atoms with van der Waals surface area (Å²) in [6.45, 7) is 4.16. The van der Waals surface area contributed by atoms with Crippen LogP contribution in [-0.2, 0) is 16.1 Å². The van der Waals surface area contributed by atoms with Crippen molar-refractivity contribution >= 4 is 34.1 Å². The van der Waals surface area contributed by atoms with E-state index in [4.69, 9.17) is 4.74 Å². The predicted molar refractivity (Wildman–Crippen MR) is 116 cm³/mol. The van der Waals surface area contributed by atoms with Crippen LogP contribution in [0, 0.1) is 25.2 Å². The lowest BCUT2D eigenvalue weighted by atomic mass is 10.1. The first-order valence-electron chi connectivity index (χ1n) is 8.87. The van der Waals surface area contributed by atoms with Gasteiger partial charge in [0.2, 0.25) is 5.91 Å². The molecular weight excluding hydrogens is 404 g/mol. The van der Waals surface area contributed by atoms with Crippen molar-refractivity contribution in [3.63, 3.8) is 0 Å². The molecule has 0 fully saturated rings. The molecule has 6 nitrogen and oxygen atoms in total. The van der Waals surface area contributed by atoms with Crippen LogP contribution in [0.2, 0.25) is 0 Å². The minimum absolute atomic E-state index is 0.136. The van der Waals surface area contributed by atoms with Gasteiger partial charge in [-0.2, -0.15) is 5.26 Å². The molecule has 2 aromatic heterocycles. The fourth-order valence-corrected chi connectivity index (χ4v) is 4.53.